The molecule has 6 nitrogen and oxygen atoms in total. The second-order valence-electron chi connectivity index (χ2n) is 7.19. The van der Waals surface area contributed by atoms with Crippen molar-refractivity contribution in [3.05, 3.63) is 64.1 Å². The molecule has 1 amide bonds. The second-order valence-corrected chi connectivity index (χ2v) is 8.57. The smallest absolute Gasteiger partial charge is 0.264 e. The van der Waals surface area contributed by atoms with Crippen molar-refractivity contribution >= 4 is 29.3 Å². The van der Waals surface area contributed by atoms with Gasteiger partial charge in [-0.3, -0.25) is 9.80 Å². The van der Waals surface area contributed by atoms with Crippen LogP contribution in [0.25, 0.3) is 0 Å². The lowest BCUT2D eigenvalue weighted by molar-refractivity contribution is -0.131. The molecule has 146 valence electrons. The van der Waals surface area contributed by atoms with Crippen LogP contribution in [0.5, 0.6) is 0 Å². The van der Waals surface area contributed by atoms with E-state index >= 15 is 0 Å². The molecule has 2 aliphatic heterocycles. The normalized spacial score (nSPS) is 24.0. The third-order valence-corrected chi connectivity index (χ3v) is 6.05. The van der Waals surface area contributed by atoms with Gasteiger partial charge in [-0.05, 0) is 44.5 Å². The summed E-state index contributed by atoms with van der Waals surface area (Å²) in [6, 6.07) is 9.88. The Bertz CT molecular complexity index is 930. The fourth-order valence-electron chi connectivity index (χ4n) is 3.79. The van der Waals surface area contributed by atoms with E-state index in [4.69, 9.17) is 11.6 Å². The number of fused-ring (bicyclic) bond motifs is 1. The van der Waals surface area contributed by atoms with Crippen molar-refractivity contribution in [3.63, 3.8) is 0 Å². The monoisotopic (exact) mass is 415 g/mol. The highest BCUT2D eigenvalue weighted by Gasteiger charge is 2.44. The lowest BCUT2D eigenvalue weighted by Crippen LogP contribution is -2.53. The van der Waals surface area contributed by atoms with Crippen molar-refractivity contribution in [1.29, 1.82) is 0 Å². The predicted octanol–water partition coefficient (Wildman–Crippen LogP) is 3.17. The minimum atomic E-state index is -0.165. The molecule has 4 rings (SSSR count). The van der Waals surface area contributed by atoms with Gasteiger partial charge in [-0.15, -0.1) is 0 Å². The summed E-state index contributed by atoms with van der Waals surface area (Å²) < 4.78 is 0. The first-order valence-corrected chi connectivity index (χ1v) is 10.5. The molecule has 0 saturated carbocycles. The number of aromatic nitrogens is 2. The van der Waals surface area contributed by atoms with E-state index in [-0.39, 0.29) is 24.0 Å². The maximum atomic E-state index is 12.7. The Kier molecular flexibility index (Phi) is 5.31. The largest absolute Gasteiger partial charge is 0.366 e. The number of rotatable bonds is 4. The van der Waals surface area contributed by atoms with E-state index in [9.17, 15) is 4.79 Å². The predicted molar refractivity (Wildman–Crippen MR) is 111 cm³/mol. The topological polar surface area (TPSA) is 70.2 Å². The van der Waals surface area contributed by atoms with Crippen LogP contribution in [-0.2, 0) is 4.79 Å². The van der Waals surface area contributed by atoms with Gasteiger partial charge in [0.1, 0.15) is 6.17 Å². The van der Waals surface area contributed by atoms with Gasteiger partial charge in [-0.2, -0.15) is 0 Å². The van der Waals surface area contributed by atoms with Crippen LogP contribution in [0.4, 0.5) is 0 Å². The second kappa shape index (κ2) is 7.73. The summed E-state index contributed by atoms with van der Waals surface area (Å²) in [5, 5.41) is 6.63. The first-order chi connectivity index (χ1) is 13.4. The molecule has 1 saturated heterocycles. The van der Waals surface area contributed by atoms with Crippen LogP contribution < -0.4 is 10.7 Å². The average Bonchev–Trinajstić information content (AvgIpc) is 2.96. The van der Waals surface area contributed by atoms with E-state index in [0.717, 1.165) is 27.8 Å². The molecule has 3 atom stereocenters. The van der Waals surface area contributed by atoms with Gasteiger partial charge >= 0.3 is 0 Å². The lowest BCUT2D eigenvalue weighted by Gasteiger charge is -2.33. The molecule has 2 N–H and O–H groups in total. The van der Waals surface area contributed by atoms with Crippen molar-refractivity contribution in [3.8, 4) is 0 Å². The van der Waals surface area contributed by atoms with Crippen LogP contribution in [0.1, 0.15) is 29.8 Å². The summed E-state index contributed by atoms with van der Waals surface area (Å²) in [5.41, 5.74) is 7.15. The number of hydrazine groups is 1. The number of amides is 1. The van der Waals surface area contributed by atoms with Crippen molar-refractivity contribution in [1.82, 2.24) is 25.7 Å². The molecule has 3 unspecified atom stereocenters. The molecule has 28 heavy (non-hydrogen) atoms. The number of hydrogen-bond donors (Lipinski definition) is 2. The Labute approximate surface area is 173 Å². The van der Waals surface area contributed by atoms with Gasteiger partial charge in [0, 0.05) is 45.9 Å². The first kappa shape index (κ1) is 19.2. The minimum Gasteiger partial charge on any atom is -0.366 e. The van der Waals surface area contributed by atoms with Crippen molar-refractivity contribution in [2.24, 2.45) is 0 Å². The molecule has 1 fully saturated rings. The van der Waals surface area contributed by atoms with E-state index in [0.29, 0.717) is 10.8 Å². The van der Waals surface area contributed by atoms with Crippen LogP contribution in [0.3, 0.4) is 0 Å². The first-order valence-electron chi connectivity index (χ1n) is 9.18. The van der Waals surface area contributed by atoms with Gasteiger partial charge in [0.05, 0.1) is 0 Å². The zero-order valence-corrected chi connectivity index (χ0v) is 17.5. The molecule has 0 spiro atoms. The molecular weight excluding hydrogens is 394 g/mol. The number of benzene rings is 1. The fraction of sp³-hybridized carbons (Fsp3) is 0.350. The molecule has 1 aromatic carbocycles. The number of thioether (sulfide) groups is 1. The van der Waals surface area contributed by atoms with Gasteiger partial charge in [0.15, 0.2) is 5.16 Å². The molecule has 0 bridgehead atoms. The van der Waals surface area contributed by atoms with E-state index in [2.05, 4.69) is 33.7 Å². The van der Waals surface area contributed by atoms with Gasteiger partial charge < -0.3 is 5.32 Å². The van der Waals surface area contributed by atoms with E-state index in [1.54, 1.807) is 11.1 Å². The van der Waals surface area contributed by atoms with Crippen LogP contribution >= 0.6 is 23.4 Å². The van der Waals surface area contributed by atoms with Gasteiger partial charge in [-0.1, -0.05) is 35.5 Å². The van der Waals surface area contributed by atoms with E-state index in [1.165, 1.54) is 11.8 Å². The standard InChI is InChI=1S/C20H22ClN5OS/c1-11-7-12(2)23-20(22-11)28-10-16-9-17(27)26-19(24-16)18(13(3)25-26)14-5-4-6-15(21)8-14/h4-9,13,18-19,24-25H,10H2,1-3H3. The number of carbonyl (C=O) groups excluding carboxylic acids is 1. The number of aryl methyl sites for hydroxylation is 2. The highest BCUT2D eigenvalue weighted by molar-refractivity contribution is 7.99. The SMILES string of the molecule is Cc1cc(C)nc(SCC2=CC(=O)N3NC(C)C(c4cccc(Cl)c4)C3N2)n1. The summed E-state index contributed by atoms with van der Waals surface area (Å²) >= 11 is 7.72. The summed E-state index contributed by atoms with van der Waals surface area (Å²) in [6.07, 6.45) is 1.48. The number of halogens is 1. The number of carbonyl (C=O) groups is 1. The molecule has 2 aromatic rings. The Balaban J connectivity index is 1.53. The van der Waals surface area contributed by atoms with Crippen molar-refractivity contribution in [2.45, 2.75) is 44.1 Å². The summed E-state index contributed by atoms with van der Waals surface area (Å²) in [4.78, 5) is 21.6. The average molecular weight is 416 g/mol. The van der Waals surface area contributed by atoms with E-state index in [1.807, 2.05) is 38.1 Å². The number of hydrogen-bond acceptors (Lipinski definition) is 6. The van der Waals surface area contributed by atoms with Crippen molar-refractivity contribution < 1.29 is 4.79 Å². The molecule has 0 aliphatic carbocycles. The molecule has 0 radical (unpaired) electrons. The zero-order valence-electron chi connectivity index (χ0n) is 15.9. The van der Waals surface area contributed by atoms with Crippen LogP contribution in [0.15, 0.2) is 47.3 Å². The summed E-state index contributed by atoms with van der Waals surface area (Å²) in [5.74, 6) is 0.654. The fourth-order valence-corrected chi connectivity index (χ4v) is 4.86. The Morgan fingerprint density at radius 3 is 2.68 bits per heavy atom. The third kappa shape index (κ3) is 3.87. The highest BCUT2D eigenvalue weighted by Crippen LogP contribution is 2.34. The van der Waals surface area contributed by atoms with Crippen LogP contribution in [0.2, 0.25) is 5.02 Å². The lowest BCUT2D eigenvalue weighted by atomic mass is 9.90. The van der Waals surface area contributed by atoms with Crippen LogP contribution in [0, 0.1) is 13.8 Å². The van der Waals surface area contributed by atoms with Gasteiger partial charge in [0.25, 0.3) is 5.91 Å². The van der Waals surface area contributed by atoms with Gasteiger partial charge in [0.2, 0.25) is 0 Å². The van der Waals surface area contributed by atoms with Crippen LogP contribution in [-0.4, -0.2) is 38.8 Å². The maximum absolute atomic E-state index is 12.7. The minimum absolute atomic E-state index is 0.0444. The molecule has 3 heterocycles. The maximum Gasteiger partial charge on any atom is 0.264 e. The molecular formula is C20H22ClN5OS. The Morgan fingerprint density at radius 2 is 1.96 bits per heavy atom. The highest BCUT2D eigenvalue weighted by atomic mass is 35.5. The summed E-state index contributed by atoms with van der Waals surface area (Å²) in [6.45, 7) is 6.00. The molecule has 1 aromatic heterocycles. The zero-order chi connectivity index (χ0) is 19.8. The van der Waals surface area contributed by atoms with E-state index < -0.39 is 0 Å². The Morgan fingerprint density at radius 1 is 1.21 bits per heavy atom. The van der Waals surface area contributed by atoms with Gasteiger partial charge in [-0.25, -0.2) is 15.4 Å². The number of nitrogens with one attached hydrogen (secondary N) is 2. The molecule has 2 aliphatic rings. The summed E-state index contributed by atoms with van der Waals surface area (Å²) in [7, 11) is 0. The quantitative estimate of drug-likeness (QED) is 0.590. The number of nitrogens with zero attached hydrogens (tertiary/aromatic N) is 3. The van der Waals surface area contributed by atoms with Crippen molar-refractivity contribution in [2.75, 3.05) is 5.75 Å². The Hall–Kier alpha value is -2.09. The third-order valence-electron chi connectivity index (χ3n) is 4.92. The molecule has 8 heteroatoms.